The van der Waals surface area contributed by atoms with E-state index in [0.29, 0.717) is 16.1 Å². The van der Waals surface area contributed by atoms with Crippen molar-refractivity contribution in [1.82, 2.24) is 9.97 Å². The second-order valence-corrected chi connectivity index (χ2v) is 5.42. The molecule has 0 unspecified atom stereocenters. The van der Waals surface area contributed by atoms with Crippen molar-refractivity contribution in [2.24, 2.45) is 0 Å². The van der Waals surface area contributed by atoms with E-state index in [2.05, 4.69) is 23.0 Å². The lowest BCUT2D eigenvalue weighted by molar-refractivity contribution is 0.847. The van der Waals surface area contributed by atoms with Gasteiger partial charge in [0.25, 0.3) is 0 Å². The molecule has 0 aliphatic heterocycles. The average molecular weight is 295 g/mol. The van der Waals surface area contributed by atoms with E-state index < -0.39 is 0 Å². The summed E-state index contributed by atoms with van der Waals surface area (Å²) in [5.41, 5.74) is 2.98. The molecule has 2 nitrogen and oxygen atoms in total. The Hall–Kier alpha value is -1.12. The predicted octanol–water partition coefficient (Wildman–Crippen LogP) is 5.14. The molecular formula is C15H16Cl2N2. The third-order valence-electron chi connectivity index (χ3n) is 3.07. The van der Waals surface area contributed by atoms with Crippen molar-refractivity contribution >= 4 is 23.2 Å². The van der Waals surface area contributed by atoms with Crippen LogP contribution < -0.4 is 0 Å². The number of aromatic nitrogens is 2. The highest BCUT2D eigenvalue weighted by molar-refractivity contribution is 6.34. The number of rotatable bonds is 3. The van der Waals surface area contributed by atoms with E-state index >= 15 is 0 Å². The molecule has 0 fully saturated rings. The monoisotopic (exact) mass is 294 g/mol. The molecule has 0 aliphatic rings. The highest BCUT2D eigenvalue weighted by atomic mass is 35.5. The van der Waals surface area contributed by atoms with Gasteiger partial charge < -0.3 is 0 Å². The second-order valence-electron chi connectivity index (χ2n) is 4.71. The van der Waals surface area contributed by atoms with Crippen LogP contribution in [0.15, 0.2) is 24.3 Å². The lowest BCUT2D eigenvalue weighted by atomic mass is 10.0. The molecule has 0 saturated heterocycles. The van der Waals surface area contributed by atoms with E-state index in [1.807, 2.05) is 32.0 Å². The summed E-state index contributed by atoms with van der Waals surface area (Å²) in [4.78, 5) is 8.81. The van der Waals surface area contributed by atoms with Crippen molar-refractivity contribution in [3.63, 3.8) is 0 Å². The van der Waals surface area contributed by atoms with Gasteiger partial charge in [0.1, 0.15) is 10.3 Å². The SMILES string of the molecule is CCc1ccccc1-c1nc(Cl)c(C(C)C)c(Cl)n1. The summed E-state index contributed by atoms with van der Waals surface area (Å²) in [7, 11) is 0. The molecule has 2 aromatic rings. The molecule has 0 saturated carbocycles. The second kappa shape index (κ2) is 5.89. The lowest BCUT2D eigenvalue weighted by Gasteiger charge is -2.12. The van der Waals surface area contributed by atoms with Crippen LogP contribution in [0.25, 0.3) is 11.4 Å². The Labute approximate surface area is 123 Å². The smallest absolute Gasteiger partial charge is 0.162 e. The van der Waals surface area contributed by atoms with Crippen LogP contribution in [0.1, 0.15) is 37.8 Å². The van der Waals surface area contributed by atoms with Gasteiger partial charge in [-0.15, -0.1) is 0 Å². The van der Waals surface area contributed by atoms with Crippen molar-refractivity contribution in [3.8, 4) is 11.4 Å². The molecule has 1 aromatic heterocycles. The molecule has 4 heteroatoms. The first-order valence-corrected chi connectivity index (χ1v) is 7.11. The minimum atomic E-state index is 0.204. The van der Waals surface area contributed by atoms with Crippen LogP contribution in [-0.4, -0.2) is 9.97 Å². The van der Waals surface area contributed by atoms with E-state index in [0.717, 1.165) is 17.5 Å². The van der Waals surface area contributed by atoms with Gasteiger partial charge in [-0.05, 0) is 17.9 Å². The Morgan fingerprint density at radius 2 is 1.63 bits per heavy atom. The summed E-state index contributed by atoms with van der Waals surface area (Å²) in [6.45, 7) is 6.15. The van der Waals surface area contributed by atoms with Crippen LogP contribution in [0.4, 0.5) is 0 Å². The van der Waals surface area contributed by atoms with Crippen LogP contribution in [0, 0.1) is 0 Å². The van der Waals surface area contributed by atoms with Gasteiger partial charge in [0.15, 0.2) is 5.82 Å². The van der Waals surface area contributed by atoms with Crippen LogP contribution in [0.2, 0.25) is 10.3 Å². The van der Waals surface area contributed by atoms with E-state index in [9.17, 15) is 0 Å². The molecule has 0 amide bonds. The predicted molar refractivity (Wildman–Crippen MR) is 81.0 cm³/mol. The number of hydrogen-bond donors (Lipinski definition) is 0. The zero-order valence-corrected chi connectivity index (χ0v) is 12.8. The molecule has 19 heavy (non-hydrogen) atoms. The zero-order valence-electron chi connectivity index (χ0n) is 11.2. The summed E-state index contributed by atoms with van der Waals surface area (Å²) < 4.78 is 0. The maximum Gasteiger partial charge on any atom is 0.162 e. The first-order chi connectivity index (χ1) is 9.04. The quantitative estimate of drug-likeness (QED) is 0.733. The van der Waals surface area contributed by atoms with E-state index in [1.165, 1.54) is 5.56 Å². The molecule has 1 heterocycles. The molecule has 0 aliphatic carbocycles. The van der Waals surface area contributed by atoms with Crippen LogP contribution in [-0.2, 0) is 6.42 Å². The summed E-state index contributed by atoms with van der Waals surface area (Å²) in [6.07, 6.45) is 0.917. The van der Waals surface area contributed by atoms with Crippen LogP contribution in [0.5, 0.6) is 0 Å². The summed E-state index contributed by atoms with van der Waals surface area (Å²) in [5, 5.41) is 0.881. The molecule has 2 rings (SSSR count). The van der Waals surface area contributed by atoms with Crippen LogP contribution in [0.3, 0.4) is 0 Å². The van der Waals surface area contributed by atoms with Gasteiger partial charge in [0.2, 0.25) is 0 Å². The van der Waals surface area contributed by atoms with Crippen molar-refractivity contribution in [2.45, 2.75) is 33.1 Å². The van der Waals surface area contributed by atoms with Gasteiger partial charge in [-0.1, -0.05) is 68.2 Å². The minimum absolute atomic E-state index is 0.204. The zero-order chi connectivity index (χ0) is 14.0. The number of hydrogen-bond acceptors (Lipinski definition) is 2. The number of benzene rings is 1. The van der Waals surface area contributed by atoms with E-state index in [1.54, 1.807) is 0 Å². The molecule has 0 bridgehead atoms. The summed E-state index contributed by atoms with van der Waals surface area (Å²) in [5.74, 6) is 0.798. The van der Waals surface area contributed by atoms with Gasteiger partial charge in [0.05, 0.1) is 0 Å². The van der Waals surface area contributed by atoms with Gasteiger partial charge in [0, 0.05) is 11.1 Å². The molecule has 0 N–H and O–H groups in total. The molecule has 100 valence electrons. The number of aryl methyl sites for hydroxylation is 1. The average Bonchev–Trinajstić information content (AvgIpc) is 2.37. The third kappa shape index (κ3) is 2.90. The summed E-state index contributed by atoms with van der Waals surface area (Å²) in [6, 6.07) is 8.04. The first-order valence-electron chi connectivity index (χ1n) is 6.35. The van der Waals surface area contributed by atoms with Crippen LogP contribution >= 0.6 is 23.2 Å². The highest BCUT2D eigenvalue weighted by Gasteiger charge is 2.16. The molecule has 0 atom stereocenters. The van der Waals surface area contributed by atoms with Gasteiger partial charge >= 0.3 is 0 Å². The van der Waals surface area contributed by atoms with Crippen molar-refractivity contribution in [2.75, 3.05) is 0 Å². The standard InChI is InChI=1S/C15H16Cl2N2/c1-4-10-7-5-6-8-11(10)15-18-13(16)12(9(2)3)14(17)19-15/h5-9H,4H2,1-3H3. The molecular weight excluding hydrogens is 279 g/mol. The van der Waals surface area contributed by atoms with Gasteiger partial charge in [-0.25, -0.2) is 9.97 Å². The maximum absolute atomic E-state index is 6.24. The Bertz CT molecular complexity index is 571. The fourth-order valence-corrected chi connectivity index (χ4v) is 2.88. The number of nitrogens with zero attached hydrogens (tertiary/aromatic N) is 2. The molecule has 1 aromatic carbocycles. The minimum Gasteiger partial charge on any atom is -0.216 e. The Morgan fingerprint density at radius 3 is 2.16 bits per heavy atom. The van der Waals surface area contributed by atoms with E-state index in [-0.39, 0.29) is 5.92 Å². The van der Waals surface area contributed by atoms with Gasteiger partial charge in [-0.3, -0.25) is 0 Å². The lowest BCUT2D eigenvalue weighted by Crippen LogP contribution is -2.00. The fourth-order valence-electron chi connectivity index (χ4n) is 2.06. The first kappa shape index (κ1) is 14.3. The molecule has 0 spiro atoms. The van der Waals surface area contributed by atoms with Crippen molar-refractivity contribution in [3.05, 3.63) is 45.7 Å². The summed E-state index contributed by atoms with van der Waals surface area (Å²) >= 11 is 12.5. The maximum atomic E-state index is 6.24. The van der Waals surface area contributed by atoms with Crippen molar-refractivity contribution < 1.29 is 0 Å². The van der Waals surface area contributed by atoms with Crippen molar-refractivity contribution in [1.29, 1.82) is 0 Å². The van der Waals surface area contributed by atoms with E-state index in [4.69, 9.17) is 23.2 Å². The normalized spacial score (nSPS) is 11.1. The highest BCUT2D eigenvalue weighted by Crippen LogP contribution is 2.31. The Kier molecular flexibility index (Phi) is 4.43. The van der Waals surface area contributed by atoms with Gasteiger partial charge in [-0.2, -0.15) is 0 Å². The number of halogens is 2. The Balaban J connectivity index is 2.59. The third-order valence-corrected chi connectivity index (χ3v) is 3.65. The topological polar surface area (TPSA) is 25.8 Å². The fraction of sp³-hybridized carbons (Fsp3) is 0.333. The largest absolute Gasteiger partial charge is 0.216 e. The molecule has 0 radical (unpaired) electrons. The Morgan fingerprint density at radius 1 is 1.05 bits per heavy atom.